The average molecular weight is 345 g/mol. The summed E-state index contributed by atoms with van der Waals surface area (Å²) in [7, 11) is 0. The molecule has 1 heterocycles. The lowest BCUT2D eigenvalue weighted by Crippen LogP contribution is -2.28. The van der Waals surface area contributed by atoms with Crippen LogP contribution in [0, 0.1) is 0 Å². The Morgan fingerprint density at radius 1 is 1.53 bits per heavy atom. The van der Waals surface area contributed by atoms with Gasteiger partial charge in [0.2, 0.25) is 5.91 Å². The predicted octanol–water partition coefficient (Wildman–Crippen LogP) is 3.06. The van der Waals surface area contributed by atoms with Gasteiger partial charge in [-0.2, -0.15) is 0 Å². The predicted molar refractivity (Wildman–Crippen MR) is 80.3 cm³/mol. The van der Waals surface area contributed by atoms with E-state index >= 15 is 0 Å². The molecule has 1 N–H and O–H groups in total. The van der Waals surface area contributed by atoms with E-state index < -0.39 is 0 Å². The standard InChI is InChI=1S/C13H15BrClN3O/c1-2-5-16-13(19)8-18-11-4-3-9(14)6-10(11)17-12(18)7-15/h3-4,6H,2,5,7-8H2,1H3,(H,16,19). The minimum atomic E-state index is -0.0181. The SMILES string of the molecule is CCCNC(=O)Cn1c(CCl)nc2cc(Br)ccc21. The average Bonchev–Trinajstić information content (AvgIpc) is 2.73. The first kappa shape index (κ1) is 14.3. The van der Waals surface area contributed by atoms with Crippen molar-refractivity contribution in [2.24, 2.45) is 0 Å². The Labute approximate surface area is 125 Å². The van der Waals surface area contributed by atoms with Crippen LogP contribution >= 0.6 is 27.5 Å². The number of nitrogens with one attached hydrogen (secondary N) is 1. The number of hydrogen-bond donors (Lipinski definition) is 1. The molecule has 1 amide bonds. The number of halogens is 2. The molecule has 0 saturated heterocycles. The summed E-state index contributed by atoms with van der Waals surface area (Å²) < 4.78 is 2.82. The number of carbonyl (C=O) groups excluding carboxylic acids is 1. The zero-order valence-corrected chi connectivity index (χ0v) is 13.0. The fraction of sp³-hybridized carbons (Fsp3) is 0.385. The summed E-state index contributed by atoms with van der Waals surface area (Å²) in [5.41, 5.74) is 1.76. The number of aromatic nitrogens is 2. The smallest absolute Gasteiger partial charge is 0.240 e. The highest BCUT2D eigenvalue weighted by Gasteiger charge is 2.12. The van der Waals surface area contributed by atoms with Gasteiger partial charge in [-0.3, -0.25) is 4.79 Å². The van der Waals surface area contributed by atoms with Crippen LogP contribution in [-0.2, 0) is 17.2 Å². The van der Waals surface area contributed by atoms with Gasteiger partial charge in [-0.1, -0.05) is 22.9 Å². The molecule has 1 aromatic carbocycles. The van der Waals surface area contributed by atoms with Gasteiger partial charge >= 0.3 is 0 Å². The van der Waals surface area contributed by atoms with Crippen LogP contribution in [0.3, 0.4) is 0 Å². The van der Waals surface area contributed by atoms with Crippen molar-refractivity contribution in [1.82, 2.24) is 14.9 Å². The fourth-order valence-corrected chi connectivity index (χ4v) is 2.45. The molecule has 2 rings (SSSR count). The lowest BCUT2D eigenvalue weighted by atomic mass is 10.3. The molecule has 4 nitrogen and oxygen atoms in total. The maximum absolute atomic E-state index is 11.8. The van der Waals surface area contributed by atoms with Gasteiger partial charge in [0.15, 0.2) is 0 Å². The number of benzene rings is 1. The maximum Gasteiger partial charge on any atom is 0.240 e. The molecule has 0 spiro atoms. The summed E-state index contributed by atoms with van der Waals surface area (Å²) in [5, 5.41) is 2.86. The lowest BCUT2D eigenvalue weighted by molar-refractivity contribution is -0.121. The largest absolute Gasteiger partial charge is 0.355 e. The van der Waals surface area contributed by atoms with Crippen molar-refractivity contribution in [1.29, 1.82) is 0 Å². The van der Waals surface area contributed by atoms with Crippen LogP contribution in [0.15, 0.2) is 22.7 Å². The second-order valence-corrected chi connectivity index (χ2v) is 5.41. The molecule has 0 unspecified atom stereocenters. The summed E-state index contributed by atoms with van der Waals surface area (Å²) in [5.74, 6) is 0.977. The molecule has 1 aromatic heterocycles. The number of amides is 1. The molecular weight excluding hydrogens is 330 g/mol. The van der Waals surface area contributed by atoms with E-state index in [0.717, 1.165) is 21.9 Å². The summed E-state index contributed by atoms with van der Waals surface area (Å²) in [6.45, 7) is 2.96. The van der Waals surface area contributed by atoms with Crippen molar-refractivity contribution in [2.75, 3.05) is 6.54 Å². The highest BCUT2D eigenvalue weighted by Crippen LogP contribution is 2.21. The number of imidazole rings is 1. The van der Waals surface area contributed by atoms with E-state index in [2.05, 4.69) is 26.2 Å². The van der Waals surface area contributed by atoms with E-state index in [1.165, 1.54) is 0 Å². The molecule has 0 atom stereocenters. The molecule has 0 aliphatic heterocycles. The molecular formula is C13H15BrClN3O. The van der Waals surface area contributed by atoms with Crippen LogP contribution in [0.4, 0.5) is 0 Å². The molecule has 0 aliphatic rings. The quantitative estimate of drug-likeness (QED) is 0.847. The monoisotopic (exact) mass is 343 g/mol. The van der Waals surface area contributed by atoms with E-state index in [0.29, 0.717) is 12.4 Å². The Morgan fingerprint density at radius 3 is 3.00 bits per heavy atom. The first-order valence-corrected chi connectivity index (χ1v) is 7.45. The molecule has 0 bridgehead atoms. The highest BCUT2D eigenvalue weighted by atomic mass is 79.9. The second-order valence-electron chi connectivity index (χ2n) is 4.23. The van der Waals surface area contributed by atoms with Crippen molar-refractivity contribution < 1.29 is 4.79 Å². The zero-order valence-electron chi connectivity index (χ0n) is 10.6. The van der Waals surface area contributed by atoms with Gasteiger partial charge in [-0.05, 0) is 24.6 Å². The number of hydrogen-bond acceptors (Lipinski definition) is 2. The molecule has 0 fully saturated rings. The van der Waals surface area contributed by atoms with Crippen molar-refractivity contribution in [3.05, 3.63) is 28.5 Å². The molecule has 0 saturated carbocycles. The van der Waals surface area contributed by atoms with E-state index in [1.807, 2.05) is 29.7 Å². The Bertz CT molecular complexity index is 597. The Morgan fingerprint density at radius 2 is 2.32 bits per heavy atom. The normalized spacial score (nSPS) is 10.9. The Hall–Kier alpha value is -1.07. The fourth-order valence-electron chi connectivity index (χ4n) is 1.90. The van der Waals surface area contributed by atoms with Crippen molar-refractivity contribution >= 4 is 44.5 Å². The van der Waals surface area contributed by atoms with Gasteiger partial charge in [0.1, 0.15) is 12.4 Å². The van der Waals surface area contributed by atoms with E-state index in [9.17, 15) is 4.79 Å². The topological polar surface area (TPSA) is 46.9 Å². The maximum atomic E-state index is 11.8. The minimum Gasteiger partial charge on any atom is -0.355 e. The molecule has 6 heteroatoms. The van der Waals surface area contributed by atoms with Crippen molar-refractivity contribution in [3.63, 3.8) is 0 Å². The van der Waals surface area contributed by atoms with Crippen LogP contribution in [0.2, 0.25) is 0 Å². The van der Waals surface area contributed by atoms with Crippen LogP contribution in [0.1, 0.15) is 19.2 Å². The third-order valence-corrected chi connectivity index (χ3v) is 3.52. The third kappa shape index (κ3) is 3.28. The Kier molecular flexibility index (Phi) is 4.82. The van der Waals surface area contributed by atoms with Gasteiger partial charge in [-0.15, -0.1) is 11.6 Å². The number of nitrogens with zero attached hydrogens (tertiary/aromatic N) is 2. The zero-order chi connectivity index (χ0) is 13.8. The Balaban J connectivity index is 2.32. The van der Waals surface area contributed by atoms with E-state index in [4.69, 9.17) is 11.6 Å². The molecule has 0 radical (unpaired) electrons. The number of carbonyl (C=O) groups is 1. The van der Waals surface area contributed by atoms with Crippen molar-refractivity contribution in [3.8, 4) is 0 Å². The van der Waals surface area contributed by atoms with Crippen LogP contribution in [-0.4, -0.2) is 22.0 Å². The summed E-state index contributed by atoms with van der Waals surface area (Å²) in [6, 6.07) is 5.80. The first-order chi connectivity index (χ1) is 9.15. The van der Waals surface area contributed by atoms with Crippen molar-refractivity contribution in [2.45, 2.75) is 25.8 Å². The van der Waals surface area contributed by atoms with Crippen LogP contribution < -0.4 is 5.32 Å². The van der Waals surface area contributed by atoms with Gasteiger partial charge in [0.25, 0.3) is 0 Å². The summed E-state index contributed by atoms with van der Waals surface area (Å²) in [4.78, 5) is 16.3. The van der Waals surface area contributed by atoms with Crippen LogP contribution in [0.5, 0.6) is 0 Å². The molecule has 2 aromatic rings. The molecule has 19 heavy (non-hydrogen) atoms. The van der Waals surface area contributed by atoms with Crippen LogP contribution in [0.25, 0.3) is 11.0 Å². The lowest BCUT2D eigenvalue weighted by Gasteiger charge is -2.08. The third-order valence-electron chi connectivity index (χ3n) is 2.78. The van der Waals surface area contributed by atoms with Gasteiger partial charge < -0.3 is 9.88 Å². The summed E-state index contributed by atoms with van der Waals surface area (Å²) in [6.07, 6.45) is 0.922. The molecule has 0 aliphatic carbocycles. The van der Waals surface area contributed by atoms with Gasteiger partial charge in [-0.25, -0.2) is 4.98 Å². The van der Waals surface area contributed by atoms with Gasteiger partial charge in [0.05, 0.1) is 16.9 Å². The number of rotatable bonds is 5. The number of fused-ring (bicyclic) bond motifs is 1. The second kappa shape index (κ2) is 6.39. The first-order valence-electron chi connectivity index (χ1n) is 6.13. The van der Waals surface area contributed by atoms with E-state index in [-0.39, 0.29) is 18.3 Å². The van der Waals surface area contributed by atoms with Gasteiger partial charge in [0, 0.05) is 11.0 Å². The van der Waals surface area contributed by atoms with E-state index in [1.54, 1.807) is 0 Å². The summed E-state index contributed by atoms with van der Waals surface area (Å²) >= 11 is 9.32. The number of alkyl halides is 1. The minimum absolute atomic E-state index is 0.0181. The highest BCUT2D eigenvalue weighted by molar-refractivity contribution is 9.10. The molecule has 102 valence electrons.